The van der Waals surface area contributed by atoms with Gasteiger partial charge in [0.2, 0.25) is 0 Å². The fourth-order valence-corrected chi connectivity index (χ4v) is 10.9. The van der Waals surface area contributed by atoms with E-state index in [1.807, 2.05) is 0 Å². The van der Waals surface area contributed by atoms with Gasteiger partial charge in [0, 0.05) is 50.4 Å². The number of aliphatic hydroxyl groups is 1. The highest BCUT2D eigenvalue weighted by atomic mass is 127. The third kappa shape index (κ3) is 4.65. The lowest BCUT2D eigenvalue weighted by molar-refractivity contribution is -0.172. The molecular formula is C30H29FIN3O7S2. The normalized spacial score (nSPS) is 25.2. The molecular weight excluding hydrogens is 724 g/mol. The first kappa shape index (κ1) is 30.3. The maximum absolute atomic E-state index is 15.2. The number of hydrogen-bond donors (Lipinski definition) is 2. The maximum Gasteiger partial charge on any atom is 0.408 e. The van der Waals surface area contributed by atoms with Crippen LogP contribution in [0.25, 0.3) is 22.3 Å². The number of benzene rings is 1. The first-order valence-corrected chi connectivity index (χ1v) is 19.2. The average molecular weight is 754 g/mol. The highest BCUT2D eigenvalue weighted by Gasteiger charge is 2.46. The molecule has 1 amide bonds. The van der Waals surface area contributed by atoms with E-state index in [9.17, 15) is 19.5 Å². The van der Waals surface area contributed by atoms with E-state index in [0.29, 0.717) is 48.5 Å². The van der Waals surface area contributed by atoms with Gasteiger partial charge in [-0.05, 0) is 63.3 Å². The first-order valence-electron chi connectivity index (χ1n) is 14.5. The van der Waals surface area contributed by atoms with E-state index >= 15 is 4.39 Å². The predicted molar refractivity (Wildman–Crippen MR) is 172 cm³/mol. The maximum atomic E-state index is 15.2. The zero-order valence-electron chi connectivity index (χ0n) is 23.9. The quantitative estimate of drug-likeness (QED) is 0.161. The lowest BCUT2D eigenvalue weighted by atomic mass is 9.81. The number of nitrogens with zero attached hydrogens (tertiary/aromatic N) is 2. The largest absolute Gasteiger partial charge is 0.458 e. The Kier molecular flexibility index (Phi) is 7.87. The van der Waals surface area contributed by atoms with Crippen LogP contribution in [0.4, 0.5) is 9.18 Å². The molecule has 10 nitrogen and oxygen atoms in total. The van der Waals surface area contributed by atoms with Crippen molar-refractivity contribution in [3.63, 3.8) is 0 Å². The number of fused-ring (bicyclic) bond motifs is 5. The summed E-state index contributed by atoms with van der Waals surface area (Å²) in [6, 6.07) is 2.54. The van der Waals surface area contributed by atoms with E-state index in [-0.39, 0.29) is 47.3 Å². The Hall–Kier alpha value is -2.40. The Bertz CT molecular complexity index is 1800. The number of nitrogens with one attached hydrogen (secondary N) is 1. The number of amides is 1. The number of halogens is 2. The van der Waals surface area contributed by atoms with Gasteiger partial charge in [0.05, 0.1) is 46.9 Å². The van der Waals surface area contributed by atoms with Crippen LogP contribution >= 0.6 is 40.0 Å². The molecule has 0 saturated carbocycles. The van der Waals surface area contributed by atoms with Gasteiger partial charge in [-0.1, -0.05) is 17.7 Å². The van der Waals surface area contributed by atoms with Gasteiger partial charge in [0.15, 0.2) is 5.60 Å². The van der Waals surface area contributed by atoms with E-state index < -0.39 is 29.8 Å². The van der Waals surface area contributed by atoms with Gasteiger partial charge < -0.3 is 29.2 Å². The van der Waals surface area contributed by atoms with Crippen LogP contribution in [0.1, 0.15) is 65.6 Å². The molecule has 1 saturated heterocycles. The molecule has 44 heavy (non-hydrogen) atoms. The number of cyclic esters (lactones) is 1. The number of ether oxygens (including phenoxy) is 3. The first-order chi connectivity index (χ1) is 21.2. The van der Waals surface area contributed by atoms with Crippen molar-refractivity contribution >= 4 is 62.9 Å². The second-order valence-corrected chi connectivity index (χ2v) is 16.7. The molecule has 1 aromatic carbocycles. The van der Waals surface area contributed by atoms with Crippen molar-refractivity contribution in [3.05, 3.63) is 61.7 Å². The number of alkyl carbamates (subject to hydrolysis) is 1. The summed E-state index contributed by atoms with van der Waals surface area (Å²) < 4.78 is 33.4. The predicted octanol–water partition coefficient (Wildman–Crippen LogP) is 5.13. The van der Waals surface area contributed by atoms with Crippen LogP contribution in [0.2, 0.25) is 0 Å². The fraction of sp³-hybridized carbons (Fsp3) is 0.467. The molecule has 2 aromatic heterocycles. The zero-order valence-corrected chi connectivity index (χ0v) is 27.7. The van der Waals surface area contributed by atoms with Crippen LogP contribution in [-0.2, 0) is 44.2 Å². The van der Waals surface area contributed by atoms with Crippen LogP contribution in [0, 0.1) is 12.7 Å². The van der Waals surface area contributed by atoms with E-state index in [0.717, 1.165) is 28.5 Å². The Morgan fingerprint density at radius 1 is 1.30 bits per heavy atom. The zero-order chi connectivity index (χ0) is 30.9. The molecule has 5 heterocycles. The molecule has 4 atom stereocenters. The van der Waals surface area contributed by atoms with Crippen LogP contribution in [0.3, 0.4) is 0 Å². The van der Waals surface area contributed by atoms with Crippen molar-refractivity contribution in [2.75, 3.05) is 13.2 Å². The number of rotatable bonds is 5. The van der Waals surface area contributed by atoms with Crippen molar-refractivity contribution < 1.29 is 33.3 Å². The summed E-state index contributed by atoms with van der Waals surface area (Å²) in [4.78, 5) is 44.6. The smallest absolute Gasteiger partial charge is 0.408 e. The minimum atomic E-state index is -1.96. The summed E-state index contributed by atoms with van der Waals surface area (Å²) in [5.74, 6) is -1.18. The number of pyridine rings is 2. The molecule has 0 unspecified atom stereocenters. The van der Waals surface area contributed by atoms with E-state index in [2.05, 4.69) is 26.5 Å². The summed E-state index contributed by atoms with van der Waals surface area (Å²) in [6.07, 6.45) is 0.860. The summed E-state index contributed by atoms with van der Waals surface area (Å²) >= 11 is 2.21. The number of esters is 1. The van der Waals surface area contributed by atoms with Gasteiger partial charge in [-0.2, -0.15) is 0 Å². The van der Waals surface area contributed by atoms with Crippen molar-refractivity contribution in [3.8, 4) is 11.4 Å². The van der Waals surface area contributed by atoms with Crippen molar-refractivity contribution in [1.29, 1.82) is 0 Å². The second-order valence-electron chi connectivity index (χ2n) is 11.6. The number of carbonyl (C=O) groups excluding carboxylic acids is 2. The lowest BCUT2D eigenvalue weighted by Crippen LogP contribution is -2.44. The Morgan fingerprint density at radius 2 is 2.11 bits per heavy atom. The third-order valence-electron chi connectivity index (χ3n) is 9.33. The number of carbonyl (C=O) groups is 2. The average Bonchev–Trinajstić information content (AvgIpc) is 3.38. The number of aromatic nitrogens is 2. The SMILES string of the molecule is CC[C@@]1(O)C(=O)OCc2c1cc1n(c2=O)Cc2c-1nc1cc(F)c(C)c3c1c2[C@@H](NC(=O)O[C@@H]1COCC[C@H]1SSI)CC3. The fourth-order valence-electron chi connectivity index (χ4n) is 6.97. The van der Waals surface area contributed by atoms with Crippen molar-refractivity contribution in [2.24, 2.45) is 0 Å². The molecule has 7 rings (SSSR count). The molecule has 3 aliphatic heterocycles. The van der Waals surface area contributed by atoms with Gasteiger partial charge in [-0.3, -0.25) is 4.79 Å². The Morgan fingerprint density at radius 3 is 2.89 bits per heavy atom. The summed E-state index contributed by atoms with van der Waals surface area (Å²) in [7, 11) is 3.25. The van der Waals surface area contributed by atoms with Crippen molar-refractivity contribution in [1.82, 2.24) is 14.9 Å². The van der Waals surface area contributed by atoms with Crippen LogP contribution < -0.4 is 10.9 Å². The molecule has 14 heteroatoms. The molecule has 1 fully saturated rings. The van der Waals surface area contributed by atoms with Gasteiger partial charge in [-0.25, -0.2) is 19.0 Å². The number of hydrogen-bond acceptors (Lipinski definition) is 10. The minimum absolute atomic E-state index is 0.0227. The van der Waals surface area contributed by atoms with Crippen LogP contribution in [0.5, 0.6) is 0 Å². The summed E-state index contributed by atoms with van der Waals surface area (Å²) in [5.41, 5.74) is 2.24. The van der Waals surface area contributed by atoms with E-state index in [1.165, 1.54) is 6.07 Å². The molecule has 0 radical (unpaired) electrons. The standard InChI is InChI=1S/C30H29FIN3O7S2/c1-3-30(39)17-8-21-26-15(10-35(21)27(36)16(17)11-41-28(30)37)25-19(5-4-14-13(2)18(31)9-20(33-26)24(14)25)34-29(38)42-22-12-40-7-6-23(22)43-44-32/h8-9,19,22-23,39H,3-7,10-12H2,1-2H3,(H,34,38)/t19-,22+,23+,30-/m0/s1. The second kappa shape index (κ2) is 11.4. The molecule has 0 spiro atoms. The Labute approximate surface area is 271 Å². The lowest BCUT2D eigenvalue weighted by Gasteiger charge is -2.32. The molecule has 232 valence electrons. The molecule has 4 aliphatic rings. The van der Waals surface area contributed by atoms with E-state index in [1.54, 1.807) is 43.2 Å². The minimum Gasteiger partial charge on any atom is -0.458 e. The molecule has 0 bridgehead atoms. The van der Waals surface area contributed by atoms with Gasteiger partial charge in [0.1, 0.15) is 18.5 Å². The van der Waals surface area contributed by atoms with Crippen molar-refractivity contribution in [2.45, 2.75) is 75.7 Å². The van der Waals surface area contributed by atoms with Crippen LogP contribution in [-0.4, -0.2) is 51.3 Å². The van der Waals surface area contributed by atoms with Gasteiger partial charge in [-0.15, -0.1) is 0 Å². The summed E-state index contributed by atoms with van der Waals surface area (Å²) in [5, 5.41) is 15.2. The summed E-state index contributed by atoms with van der Waals surface area (Å²) in [6.45, 7) is 4.26. The molecule has 1 aliphatic carbocycles. The van der Waals surface area contributed by atoms with E-state index in [4.69, 9.17) is 19.2 Å². The Balaban J connectivity index is 1.34. The highest BCUT2D eigenvalue weighted by Crippen LogP contribution is 2.46. The van der Waals surface area contributed by atoms with Gasteiger partial charge >= 0.3 is 12.1 Å². The topological polar surface area (TPSA) is 129 Å². The molecule has 2 N–H and O–H groups in total. The van der Waals surface area contributed by atoms with Crippen LogP contribution in [0.15, 0.2) is 16.9 Å². The van der Waals surface area contributed by atoms with Gasteiger partial charge in [0.25, 0.3) is 5.56 Å². The monoisotopic (exact) mass is 753 g/mol. The highest BCUT2D eigenvalue weighted by molar-refractivity contribution is 14.2. The third-order valence-corrected chi connectivity index (χ3v) is 13.0. The number of aryl methyl sites for hydroxylation is 1. The molecule has 3 aromatic rings.